The van der Waals surface area contributed by atoms with Crippen LogP contribution in [0.25, 0.3) is 0 Å². The average molecular weight is 177 g/mol. The fraction of sp³-hybridized carbons (Fsp3) is 0.300. The molecular formula is C10H11NO2. The van der Waals surface area contributed by atoms with E-state index in [2.05, 4.69) is 5.32 Å². The average Bonchev–Trinajstić information content (AvgIpc) is 2.02. The number of esters is 1. The third-order valence-electron chi connectivity index (χ3n) is 2.08. The number of ether oxygens (including phenoxy) is 1. The van der Waals surface area contributed by atoms with Gasteiger partial charge in [-0.1, -0.05) is 18.2 Å². The smallest absolute Gasteiger partial charge is 0.316 e. The Labute approximate surface area is 76.7 Å². The third kappa shape index (κ3) is 1.87. The van der Waals surface area contributed by atoms with Crippen molar-refractivity contribution in [2.75, 3.05) is 13.1 Å². The standard InChI is InChI=1S/C10H11NO2/c12-10(8-6-11-7-8)13-9-4-2-1-3-5-9/h1-5,8,11H,6-7H2. The van der Waals surface area contributed by atoms with Crippen molar-refractivity contribution in [2.45, 2.75) is 0 Å². The Hall–Kier alpha value is -1.35. The fourth-order valence-electron chi connectivity index (χ4n) is 1.14. The molecule has 0 amide bonds. The second kappa shape index (κ2) is 3.58. The molecule has 0 spiro atoms. The van der Waals surface area contributed by atoms with E-state index in [4.69, 9.17) is 4.74 Å². The molecule has 1 aromatic rings. The third-order valence-corrected chi connectivity index (χ3v) is 2.08. The Kier molecular flexibility index (Phi) is 2.27. The molecule has 0 bridgehead atoms. The number of benzene rings is 1. The van der Waals surface area contributed by atoms with Crippen LogP contribution in [0.15, 0.2) is 30.3 Å². The number of carbonyl (C=O) groups excluding carboxylic acids is 1. The first kappa shape index (κ1) is 8.26. The predicted octanol–water partition coefficient (Wildman–Crippen LogP) is 0.811. The van der Waals surface area contributed by atoms with E-state index in [0.717, 1.165) is 13.1 Å². The summed E-state index contributed by atoms with van der Waals surface area (Å²) in [5.41, 5.74) is 0. The van der Waals surface area contributed by atoms with E-state index in [0.29, 0.717) is 5.75 Å². The molecule has 1 fully saturated rings. The first-order valence-corrected chi connectivity index (χ1v) is 4.34. The van der Waals surface area contributed by atoms with Crippen molar-refractivity contribution >= 4 is 5.97 Å². The molecule has 1 aliphatic heterocycles. The van der Waals surface area contributed by atoms with Crippen molar-refractivity contribution in [3.05, 3.63) is 30.3 Å². The number of nitrogens with one attached hydrogen (secondary N) is 1. The van der Waals surface area contributed by atoms with E-state index in [9.17, 15) is 4.79 Å². The van der Waals surface area contributed by atoms with Gasteiger partial charge in [-0.05, 0) is 12.1 Å². The lowest BCUT2D eigenvalue weighted by Crippen LogP contribution is -2.48. The molecule has 0 unspecified atom stereocenters. The van der Waals surface area contributed by atoms with Gasteiger partial charge < -0.3 is 10.1 Å². The zero-order valence-corrected chi connectivity index (χ0v) is 7.19. The van der Waals surface area contributed by atoms with Crippen LogP contribution in [0.5, 0.6) is 5.75 Å². The molecular weight excluding hydrogens is 166 g/mol. The normalized spacial score (nSPS) is 16.3. The molecule has 0 aromatic heterocycles. The molecule has 0 aliphatic carbocycles. The molecule has 0 atom stereocenters. The molecule has 3 heteroatoms. The number of carbonyl (C=O) groups is 1. The van der Waals surface area contributed by atoms with Gasteiger partial charge in [0, 0.05) is 13.1 Å². The van der Waals surface area contributed by atoms with Crippen molar-refractivity contribution < 1.29 is 9.53 Å². The minimum Gasteiger partial charge on any atom is -0.426 e. The summed E-state index contributed by atoms with van der Waals surface area (Å²) >= 11 is 0. The maximum Gasteiger partial charge on any atom is 0.316 e. The Balaban J connectivity index is 1.94. The summed E-state index contributed by atoms with van der Waals surface area (Å²) in [6, 6.07) is 9.15. The number of rotatable bonds is 2. The number of hydrogen-bond acceptors (Lipinski definition) is 3. The van der Waals surface area contributed by atoms with Crippen molar-refractivity contribution in [3.8, 4) is 5.75 Å². The van der Waals surface area contributed by atoms with E-state index >= 15 is 0 Å². The van der Waals surface area contributed by atoms with Gasteiger partial charge in [0.05, 0.1) is 5.92 Å². The summed E-state index contributed by atoms with van der Waals surface area (Å²) in [7, 11) is 0. The maximum absolute atomic E-state index is 11.3. The van der Waals surface area contributed by atoms with Gasteiger partial charge in [0.1, 0.15) is 5.75 Å². The lowest BCUT2D eigenvalue weighted by atomic mass is 10.0. The van der Waals surface area contributed by atoms with Gasteiger partial charge in [-0.3, -0.25) is 4.79 Å². The van der Waals surface area contributed by atoms with Crippen LogP contribution in [0, 0.1) is 5.92 Å². The van der Waals surface area contributed by atoms with Crippen LogP contribution in [0.4, 0.5) is 0 Å². The minimum absolute atomic E-state index is 0.0419. The van der Waals surface area contributed by atoms with Crippen LogP contribution in [0.1, 0.15) is 0 Å². The molecule has 1 N–H and O–H groups in total. The van der Waals surface area contributed by atoms with E-state index < -0.39 is 0 Å². The highest BCUT2D eigenvalue weighted by molar-refractivity contribution is 5.76. The quantitative estimate of drug-likeness (QED) is 0.536. The zero-order valence-electron chi connectivity index (χ0n) is 7.19. The molecule has 1 saturated heterocycles. The van der Waals surface area contributed by atoms with Gasteiger partial charge >= 0.3 is 5.97 Å². The summed E-state index contributed by atoms with van der Waals surface area (Å²) in [6.07, 6.45) is 0. The molecule has 2 rings (SSSR count). The van der Waals surface area contributed by atoms with Crippen LogP contribution in [-0.2, 0) is 4.79 Å². The van der Waals surface area contributed by atoms with Crippen LogP contribution in [0.3, 0.4) is 0 Å². The van der Waals surface area contributed by atoms with Gasteiger partial charge in [0.15, 0.2) is 0 Å². The topological polar surface area (TPSA) is 38.3 Å². The van der Waals surface area contributed by atoms with Gasteiger partial charge in [0.2, 0.25) is 0 Å². The Bertz CT molecular complexity index is 293. The van der Waals surface area contributed by atoms with Gasteiger partial charge in [-0.15, -0.1) is 0 Å². The highest BCUT2D eigenvalue weighted by Crippen LogP contribution is 2.12. The van der Waals surface area contributed by atoms with Gasteiger partial charge in [0.25, 0.3) is 0 Å². The molecule has 1 aromatic carbocycles. The highest BCUT2D eigenvalue weighted by atomic mass is 16.5. The molecule has 68 valence electrons. The second-order valence-corrected chi connectivity index (χ2v) is 3.09. The number of para-hydroxylation sites is 1. The van der Waals surface area contributed by atoms with Crippen LogP contribution < -0.4 is 10.1 Å². The molecule has 1 heterocycles. The highest BCUT2D eigenvalue weighted by Gasteiger charge is 2.26. The lowest BCUT2D eigenvalue weighted by Gasteiger charge is -2.24. The first-order valence-electron chi connectivity index (χ1n) is 4.34. The summed E-state index contributed by atoms with van der Waals surface area (Å²) in [4.78, 5) is 11.3. The summed E-state index contributed by atoms with van der Waals surface area (Å²) < 4.78 is 5.14. The number of hydrogen-bond donors (Lipinski definition) is 1. The van der Waals surface area contributed by atoms with E-state index in [-0.39, 0.29) is 11.9 Å². The molecule has 1 aliphatic rings. The van der Waals surface area contributed by atoms with Crippen LogP contribution >= 0.6 is 0 Å². The lowest BCUT2D eigenvalue weighted by molar-refractivity contribution is -0.140. The zero-order chi connectivity index (χ0) is 9.10. The van der Waals surface area contributed by atoms with E-state index in [1.807, 2.05) is 18.2 Å². The van der Waals surface area contributed by atoms with Crippen molar-refractivity contribution in [1.29, 1.82) is 0 Å². The summed E-state index contributed by atoms with van der Waals surface area (Å²) in [6.45, 7) is 1.48. The molecule has 0 saturated carbocycles. The Morgan fingerprint density at radius 1 is 1.31 bits per heavy atom. The molecule has 3 nitrogen and oxygen atoms in total. The largest absolute Gasteiger partial charge is 0.426 e. The summed E-state index contributed by atoms with van der Waals surface area (Å²) in [5.74, 6) is 0.532. The fourth-order valence-corrected chi connectivity index (χ4v) is 1.14. The molecule has 0 radical (unpaired) electrons. The van der Waals surface area contributed by atoms with E-state index in [1.54, 1.807) is 12.1 Å². The van der Waals surface area contributed by atoms with Crippen molar-refractivity contribution in [3.63, 3.8) is 0 Å². The van der Waals surface area contributed by atoms with Gasteiger partial charge in [-0.25, -0.2) is 0 Å². The van der Waals surface area contributed by atoms with Crippen LogP contribution in [-0.4, -0.2) is 19.1 Å². The van der Waals surface area contributed by atoms with E-state index in [1.165, 1.54) is 0 Å². The monoisotopic (exact) mass is 177 g/mol. The minimum atomic E-state index is -0.134. The predicted molar refractivity (Wildman–Crippen MR) is 48.4 cm³/mol. The maximum atomic E-state index is 11.3. The second-order valence-electron chi connectivity index (χ2n) is 3.09. The van der Waals surface area contributed by atoms with Gasteiger partial charge in [-0.2, -0.15) is 0 Å². The first-order chi connectivity index (χ1) is 6.36. The van der Waals surface area contributed by atoms with Crippen LogP contribution in [0.2, 0.25) is 0 Å². The SMILES string of the molecule is O=C(Oc1ccccc1)C1CNC1. The Morgan fingerprint density at radius 3 is 2.54 bits per heavy atom. The van der Waals surface area contributed by atoms with Crippen molar-refractivity contribution in [1.82, 2.24) is 5.32 Å². The van der Waals surface area contributed by atoms with Crippen molar-refractivity contribution in [2.24, 2.45) is 5.92 Å². The Morgan fingerprint density at radius 2 is 2.00 bits per heavy atom. The summed E-state index contributed by atoms with van der Waals surface area (Å²) in [5, 5.41) is 3.03. The molecule has 13 heavy (non-hydrogen) atoms.